The van der Waals surface area contributed by atoms with Gasteiger partial charge in [-0.15, -0.1) is 11.8 Å². The van der Waals surface area contributed by atoms with Crippen LogP contribution in [-0.2, 0) is 0 Å². The van der Waals surface area contributed by atoms with Crippen LogP contribution in [0.15, 0.2) is 27.6 Å². The molecule has 3 heteroatoms. The van der Waals surface area contributed by atoms with Gasteiger partial charge in [-0.3, -0.25) is 0 Å². The summed E-state index contributed by atoms with van der Waals surface area (Å²) in [4.78, 5) is 1.21. The third kappa shape index (κ3) is 2.42. The van der Waals surface area contributed by atoms with Crippen LogP contribution >= 0.6 is 39.3 Å². The van der Waals surface area contributed by atoms with Gasteiger partial charge in [0.1, 0.15) is 0 Å². The maximum absolute atomic E-state index is 6.10. The molecule has 70 valence electrons. The summed E-state index contributed by atoms with van der Waals surface area (Å²) < 4.78 is 1.05. The van der Waals surface area contributed by atoms with Crippen LogP contribution in [0.1, 0.15) is 13.3 Å². The fraction of sp³-hybridized carbons (Fsp3) is 0.400. The van der Waals surface area contributed by atoms with E-state index >= 15 is 0 Å². The van der Waals surface area contributed by atoms with Gasteiger partial charge in [0.15, 0.2) is 0 Å². The first kappa shape index (κ1) is 9.88. The largest absolute Gasteiger partial charge is 0.121 e. The Hall–Kier alpha value is 0.340. The van der Waals surface area contributed by atoms with Gasteiger partial charge < -0.3 is 0 Å². The molecule has 2 unspecified atom stereocenters. The molecule has 1 saturated carbocycles. The van der Waals surface area contributed by atoms with Crippen molar-refractivity contribution < 1.29 is 0 Å². The predicted molar refractivity (Wildman–Crippen MR) is 62.6 cm³/mol. The van der Waals surface area contributed by atoms with Crippen LogP contribution in [0.2, 0.25) is 5.02 Å². The van der Waals surface area contributed by atoms with Gasteiger partial charge in [0.25, 0.3) is 0 Å². The molecule has 2 atom stereocenters. The van der Waals surface area contributed by atoms with E-state index in [0.29, 0.717) is 0 Å². The van der Waals surface area contributed by atoms with E-state index in [1.165, 1.54) is 11.3 Å². The Morgan fingerprint density at radius 3 is 2.77 bits per heavy atom. The highest BCUT2D eigenvalue weighted by Crippen LogP contribution is 2.46. The molecule has 1 aliphatic rings. The molecule has 1 aromatic rings. The van der Waals surface area contributed by atoms with Gasteiger partial charge in [-0.25, -0.2) is 0 Å². The smallest absolute Gasteiger partial charge is 0.0553 e. The highest BCUT2D eigenvalue weighted by Gasteiger charge is 2.33. The molecule has 0 radical (unpaired) electrons. The summed E-state index contributed by atoms with van der Waals surface area (Å²) in [6, 6.07) is 6.08. The van der Waals surface area contributed by atoms with E-state index in [-0.39, 0.29) is 0 Å². The van der Waals surface area contributed by atoms with Crippen LogP contribution in [0.5, 0.6) is 0 Å². The van der Waals surface area contributed by atoms with Crippen molar-refractivity contribution in [3.8, 4) is 0 Å². The first-order valence-corrected chi connectivity index (χ1v) is 6.33. The zero-order valence-corrected chi connectivity index (χ0v) is 10.4. The SMILES string of the molecule is CC1CC1Sc1ccc(Br)cc1Cl. The van der Waals surface area contributed by atoms with Crippen molar-refractivity contribution in [1.29, 1.82) is 0 Å². The molecular weight excluding hydrogens is 268 g/mol. The average Bonchev–Trinajstić information content (AvgIpc) is 2.73. The first-order valence-electron chi connectivity index (χ1n) is 4.28. The lowest BCUT2D eigenvalue weighted by atomic mass is 10.4. The van der Waals surface area contributed by atoms with Crippen molar-refractivity contribution in [1.82, 2.24) is 0 Å². The van der Waals surface area contributed by atoms with Crippen LogP contribution in [0.3, 0.4) is 0 Å². The minimum atomic E-state index is 0.790. The fourth-order valence-corrected chi connectivity index (χ4v) is 3.27. The molecule has 1 aliphatic carbocycles. The summed E-state index contributed by atoms with van der Waals surface area (Å²) in [5.41, 5.74) is 0. The van der Waals surface area contributed by atoms with Crippen molar-refractivity contribution >= 4 is 39.3 Å². The van der Waals surface area contributed by atoms with E-state index in [4.69, 9.17) is 11.6 Å². The van der Waals surface area contributed by atoms with E-state index in [1.54, 1.807) is 0 Å². The number of thioether (sulfide) groups is 1. The van der Waals surface area contributed by atoms with Crippen LogP contribution in [0, 0.1) is 5.92 Å². The van der Waals surface area contributed by atoms with E-state index in [1.807, 2.05) is 23.9 Å². The molecule has 0 aliphatic heterocycles. The Morgan fingerprint density at radius 2 is 2.23 bits per heavy atom. The third-order valence-electron chi connectivity index (χ3n) is 2.21. The van der Waals surface area contributed by atoms with Crippen LogP contribution in [0.4, 0.5) is 0 Å². The fourth-order valence-electron chi connectivity index (χ4n) is 1.19. The Balaban J connectivity index is 2.11. The molecule has 0 saturated heterocycles. The van der Waals surface area contributed by atoms with E-state index < -0.39 is 0 Å². The maximum Gasteiger partial charge on any atom is 0.0553 e. The van der Waals surface area contributed by atoms with Gasteiger partial charge >= 0.3 is 0 Å². The maximum atomic E-state index is 6.10. The number of halogens is 2. The summed E-state index contributed by atoms with van der Waals surface area (Å²) in [6.45, 7) is 2.28. The van der Waals surface area contributed by atoms with Crippen molar-refractivity contribution in [2.45, 2.75) is 23.5 Å². The quantitative estimate of drug-likeness (QED) is 0.761. The zero-order valence-electron chi connectivity index (χ0n) is 7.26. The molecule has 0 N–H and O–H groups in total. The summed E-state index contributed by atoms with van der Waals surface area (Å²) in [5.74, 6) is 0.865. The van der Waals surface area contributed by atoms with E-state index in [9.17, 15) is 0 Å². The van der Waals surface area contributed by atoms with Gasteiger partial charge in [0.2, 0.25) is 0 Å². The normalized spacial score (nSPS) is 26.1. The van der Waals surface area contributed by atoms with E-state index in [0.717, 1.165) is 20.7 Å². The average molecular weight is 278 g/mol. The number of rotatable bonds is 2. The standard InChI is InChI=1S/C10H10BrClS/c1-6-4-10(6)13-9-3-2-7(11)5-8(9)12/h2-3,5-6,10H,4H2,1H3. The summed E-state index contributed by atoms with van der Waals surface area (Å²) >= 11 is 11.4. The van der Waals surface area contributed by atoms with Crippen LogP contribution in [0.25, 0.3) is 0 Å². The topological polar surface area (TPSA) is 0 Å². The second-order valence-corrected chi connectivity index (χ2v) is 6.05. The molecule has 2 rings (SSSR count). The van der Waals surface area contributed by atoms with Crippen molar-refractivity contribution in [2.75, 3.05) is 0 Å². The predicted octanol–water partition coefficient (Wildman–Crippen LogP) is 4.60. The molecule has 1 aromatic carbocycles. The van der Waals surface area contributed by atoms with Gasteiger partial charge in [-0.1, -0.05) is 34.5 Å². The molecule has 0 aromatic heterocycles. The Morgan fingerprint density at radius 1 is 1.54 bits per heavy atom. The number of hydrogen-bond acceptors (Lipinski definition) is 1. The number of hydrogen-bond donors (Lipinski definition) is 0. The molecule has 0 bridgehead atoms. The van der Waals surface area contributed by atoms with Gasteiger partial charge in [0.05, 0.1) is 5.02 Å². The van der Waals surface area contributed by atoms with Gasteiger partial charge in [-0.05, 0) is 30.5 Å². The molecule has 0 nitrogen and oxygen atoms in total. The lowest BCUT2D eigenvalue weighted by molar-refractivity contribution is 0.987. The van der Waals surface area contributed by atoms with Crippen molar-refractivity contribution in [3.63, 3.8) is 0 Å². The molecule has 0 heterocycles. The molecule has 0 spiro atoms. The van der Waals surface area contributed by atoms with Gasteiger partial charge in [0, 0.05) is 14.6 Å². The molecule has 0 amide bonds. The highest BCUT2D eigenvalue weighted by atomic mass is 79.9. The molecule has 1 fully saturated rings. The lowest BCUT2D eigenvalue weighted by Gasteiger charge is -2.02. The van der Waals surface area contributed by atoms with Crippen LogP contribution in [-0.4, -0.2) is 5.25 Å². The Kier molecular flexibility index (Phi) is 2.91. The second kappa shape index (κ2) is 3.84. The first-order chi connectivity index (χ1) is 6.16. The summed E-state index contributed by atoms with van der Waals surface area (Å²) in [7, 11) is 0. The van der Waals surface area contributed by atoms with Crippen LogP contribution < -0.4 is 0 Å². The zero-order chi connectivity index (χ0) is 9.42. The minimum Gasteiger partial charge on any atom is -0.121 e. The summed E-state index contributed by atoms with van der Waals surface area (Å²) in [6.07, 6.45) is 1.33. The lowest BCUT2D eigenvalue weighted by Crippen LogP contribution is -1.80. The van der Waals surface area contributed by atoms with Crippen molar-refractivity contribution in [3.05, 3.63) is 27.7 Å². The monoisotopic (exact) mass is 276 g/mol. The highest BCUT2D eigenvalue weighted by molar-refractivity contribution is 9.10. The number of benzene rings is 1. The molecular formula is C10H10BrClS. The van der Waals surface area contributed by atoms with E-state index in [2.05, 4.69) is 28.9 Å². The van der Waals surface area contributed by atoms with Crippen molar-refractivity contribution in [2.24, 2.45) is 5.92 Å². The molecule has 13 heavy (non-hydrogen) atoms. The Labute approximate surface area is 96.2 Å². The second-order valence-electron chi connectivity index (χ2n) is 3.44. The minimum absolute atomic E-state index is 0.790. The summed E-state index contributed by atoms with van der Waals surface area (Å²) in [5, 5.41) is 1.65. The third-order valence-corrected chi connectivity index (χ3v) is 4.70. The van der Waals surface area contributed by atoms with Gasteiger partial charge in [-0.2, -0.15) is 0 Å². The Bertz CT molecular complexity index is 327.